The van der Waals surface area contributed by atoms with Crippen molar-refractivity contribution in [2.24, 2.45) is 10.7 Å². The standard InChI is InChI=1S/C10H13BrClN3/c1-2-5-14-10(13)15-7-3-4-9(12)8(11)6-7/h3-4,6H,2,5H2,1H3,(H3,13,14,15). The zero-order valence-electron chi connectivity index (χ0n) is 8.43. The maximum Gasteiger partial charge on any atom is 0.193 e. The summed E-state index contributed by atoms with van der Waals surface area (Å²) in [4.78, 5) is 4.13. The molecule has 0 unspecified atom stereocenters. The molecular formula is C10H13BrClN3. The number of rotatable bonds is 3. The van der Waals surface area contributed by atoms with Crippen molar-refractivity contribution in [3.8, 4) is 0 Å². The van der Waals surface area contributed by atoms with E-state index in [1.54, 1.807) is 6.07 Å². The van der Waals surface area contributed by atoms with Gasteiger partial charge in [-0.15, -0.1) is 0 Å². The number of hydrogen-bond donors (Lipinski definition) is 2. The third-order valence-electron chi connectivity index (χ3n) is 1.70. The van der Waals surface area contributed by atoms with Crippen LogP contribution in [0.1, 0.15) is 13.3 Å². The summed E-state index contributed by atoms with van der Waals surface area (Å²) >= 11 is 9.20. The molecule has 0 saturated carbocycles. The van der Waals surface area contributed by atoms with Gasteiger partial charge in [-0.05, 0) is 40.5 Å². The first-order valence-corrected chi connectivity index (χ1v) is 5.82. The van der Waals surface area contributed by atoms with Crippen LogP contribution < -0.4 is 11.1 Å². The van der Waals surface area contributed by atoms with Crippen LogP contribution >= 0.6 is 27.5 Å². The highest BCUT2D eigenvalue weighted by Gasteiger charge is 1.99. The molecule has 0 fully saturated rings. The largest absolute Gasteiger partial charge is 0.370 e. The first-order valence-electron chi connectivity index (χ1n) is 4.65. The van der Waals surface area contributed by atoms with Gasteiger partial charge in [-0.1, -0.05) is 18.5 Å². The number of aliphatic imine (C=N–C) groups is 1. The average molecular weight is 291 g/mol. The van der Waals surface area contributed by atoms with Crippen LogP contribution in [0.15, 0.2) is 27.7 Å². The normalized spacial score (nSPS) is 11.5. The van der Waals surface area contributed by atoms with E-state index in [9.17, 15) is 0 Å². The Bertz CT molecular complexity index is 366. The van der Waals surface area contributed by atoms with E-state index in [1.807, 2.05) is 12.1 Å². The molecular weight excluding hydrogens is 277 g/mol. The molecule has 0 heterocycles. The maximum absolute atomic E-state index is 5.86. The van der Waals surface area contributed by atoms with E-state index in [0.717, 1.165) is 23.1 Å². The lowest BCUT2D eigenvalue weighted by Crippen LogP contribution is -2.22. The third kappa shape index (κ3) is 4.10. The van der Waals surface area contributed by atoms with E-state index in [0.29, 0.717) is 11.0 Å². The number of nitrogens with zero attached hydrogens (tertiary/aromatic N) is 1. The van der Waals surface area contributed by atoms with Crippen LogP contribution in [0.5, 0.6) is 0 Å². The molecule has 1 aromatic rings. The number of hydrogen-bond acceptors (Lipinski definition) is 1. The monoisotopic (exact) mass is 289 g/mol. The minimum absolute atomic E-state index is 0.422. The average Bonchev–Trinajstić information content (AvgIpc) is 2.20. The van der Waals surface area contributed by atoms with E-state index in [4.69, 9.17) is 17.3 Å². The summed E-state index contributed by atoms with van der Waals surface area (Å²) in [5, 5.41) is 3.65. The summed E-state index contributed by atoms with van der Waals surface area (Å²) in [5.74, 6) is 0.422. The zero-order valence-corrected chi connectivity index (χ0v) is 10.8. The molecule has 0 atom stereocenters. The lowest BCUT2D eigenvalue weighted by atomic mass is 10.3. The maximum atomic E-state index is 5.86. The highest BCUT2D eigenvalue weighted by atomic mass is 79.9. The predicted octanol–water partition coefficient (Wildman–Crippen LogP) is 3.24. The fourth-order valence-electron chi connectivity index (χ4n) is 0.994. The molecule has 3 nitrogen and oxygen atoms in total. The second-order valence-corrected chi connectivity index (χ2v) is 4.28. The lowest BCUT2D eigenvalue weighted by Gasteiger charge is -2.06. The molecule has 0 bridgehead atoms. The summed E-state index contributed by atoms with van der Waals surface area (Å²) in [6.45, 7) is 2.78. The van der Waals surface area contributed by atoms with E-state index < -0.39 is 0 Å². The molecule has 3 N–H and O–H groups in total. The topological polar surface area (TPSA) is 50.4 Å². The molecule has 0 aliphatic rings. The van der Waals surface area contributed by atoms with Crippen molar-refractivity contribution in [2.45, 2.75) is 13.3 Å². The van der Waals surface area contributed by atoms with Crippen molar-refractivity contribution in [2.75, 3.05) is 11.9 Å². The highest BCUT2D eigenvalue weighted by molar-refractivity contribution is 9.10. The zero-order chi connectivity index (χ0) is 11.3. The molecule has 0 spiro atoms. The number of benzene rings is 1. The van der Waals surface area contributed by atoms with Gasteiger partial charge in [-0.3, -0.25) is 4.99 Å². The summed E-state index contributed by atoms with van der Waals surface area (Å²) in [7, 11) is 0. The van der Waals surface area contributed by atoms with Gasteiger partial charge in [0, 0.05) is 16.7 Å². The molecule has 15 heavy (non-hydrogen) atoms. The quantitative estimate of drug-likeness (QED) is 0.663. The van der Waals surface area contributed by atoms with Gasteiger partial charge in [0.25, 0.3) is 0 Å². The Morgan fingerprint density at radius 1 is 1.60 bits per heavy atom. The third-order valence-corrected chi connectivity index (χ3v) is 2.91. The number of anilines is 1. The Morgan fingerprint density at radius 3 is 2.93 bits per heavy atom. The van der Waals surface area contributed by atoms with Crippen LogP contribution in [-0.4, -0.2) is 12.5 Å². The van der Waals surface area contributed by atoms with Crippen molar-refractivity contribution in [1.82, 2.24) is 0 Å². The SMILES string of the molecule is CCCN=C(N)Nc1ccc(Cl)c(Br)c1. The first kappa shape index (κ1) is 12.3. The lowest BCUT2D eigenvalue weighted by molar-refractivity contribution is 0.929. The van der Waals surface area contributed by atoms with Crippen LogP contribution in [0, 0.1) is 0 Å². The second kappa shape index (κ2) is 5.98. The van der Waals surface area contributed by atoms with Crippen LogP contribution in [0.4, 0.5) is 5.69 Å². The van der Waals surface area contributed by atoms with E-state index in [2.05, 4.69) is 33.2 Å². The van der Waals surface area contributed by atoms with Gasteiger partial charge in [0.2, 0.25) is 0 Å². The van der Waals surface area contributed by atoms with Gasteiger partial charge in [-0.25, -0.2) is 0 Å². The van der Waals surface area contributed by atoms with Crippen LogP contribution in [0.2, 0.25) is 5.02 Å². The molecule has 0 aliphatic heterocycles. The molecule has 0 aromatic heterocycles. The Hall–Kier alpha value is -0.740. The Balaban J connectivity index is 2.68. The molecule has 0 amide bonds. The van der Waals surface area contributed by atoms with Crippen molar-refractivity contribution < 1.29 is 0 Å². The number of nitrogens with one attached hydrogen (secondary N) is 1. The minimum Gasteiger partial charge on any atom is -0.370 e. The fraction of sp³-hybridized carbons (Fsp3) is 0.300. The summed E-state index contributed by atoms with van der Waals surface area (Å²) < 4.78 is 0.831. The van der Waals surface area contributed by atoms with Gasteiger partial charge in [0.15, 0.2) is 5.96 Å². The van der Waals surface area contributed by atoms with Crippen LogP contribution in [0.3, 0.4) is 0 Å². The smallest absolute Gasteiger partial charge is 0.193 e. The molecule has 1 aromatic carbocycles. The molecule has 0 radical (unpaired) electrons. The molecule has 5 heteroatoms. The van der Waals surface area contributed by atoms with Gasteiger partial charge in [0.05, 0.1) is 5.02 Å². The van der Waals surface area contributed by atoms with E-state index >= 15 is 0 Å². The molecule has 0 saturated heterocycles. The first-order chi connectivity index (χ1) is 7.13. The Morgan fingerprint density at radius 2 is 2.33 bits per heavy atom. The minimum atomic E-state index is 0.422. The fourth-order valence-corrected chi connectivity index (χ4v) is 1.49. The van der Waals surface area contributed by atoms with Gasteiger partial charge < -0.3 is 11.1 Å². The number of halogens is 2. The van der Waals surface area contributed by atoms with E-state index in [-0.39, 0.29) is 0 Å². The van der Waals surface area contributed by atoms with E-state index in [1.165, 1.54) is 0 Å². The van der Waals surface area contributed by atoms with Gasteiger partial charge in [-0.2, -0.15) is 0 Å². The van der Waals surface area contributed by atoms with Crippen molar-refractivity contribution in [3.63, 3.8) is 0 Å². The Labute approximate surface area is 103 Å². The molecule has 0 aliphatic carbocycles. The van der Waals surface area contributed by atoms with Gasteiger partial charge in [0.1, 0.15) is 0 Å². The Kier molecular flexibility index (Phi) is 4.91. The number of nitrogens with two attached hydrogens (primary N) is 1. The van der Waals surface area contributed by atoms with Crippen molar-refractivity contribution in [3.05, 3.63) is 27.7 Å². The molecule has 1 rings (SSSR count). The number of guanidine groups is 1. The van der Waals surface area contributed by atoms with Crippen LogP contribution in [0.25, 0.3) is 0 Å². The second-order valence-electron chi connectivity index (χ2n) is 3.02. The molecule has 82 valence electrons. The highest BCUT2D eigenvalue weighted by Crippen LogP contribution is 2.25. The van der Waals surface area contributed by atoms with Crippen molar-refractivity contribution in [1.29, 1.82) is 0 Å². The summed E-state index contributed by atoms with van der Waals surface area (Å²) in [6, 6.07) is 5.50. The summed E-state index contributed by atoms with van der Waals surface area (Å²) in [6.07, 6.45) is 0.979. The van der Waals surface area contributed by atoms with Crippen molar-refractivity contribution >= 4 is 39.2 Å². The predicted molar refractivity (Wildman–Crippen MR) is 69.6 cm³/mol. The van der Waals surface area contributed by atoms with Crippen LogP contribution in [-0.2, 0) is 0 Å². The van der Waals surface area contributed by atoms with Gasteiger partial charge >= 0.3 is 0 Å². The summed E-state index contributed by atoms with van der Waals surface area (Å²) in [5.41, 5.74) is 6.53.